The Labute approximate surface area is 134 Å². The fraction of sp³-hybridized carbons (Fsp3) is 0.294. The summed E-state index contributed by atoms with van der Waals surface area (Å²) in [6.07, 6.45) is 1.10. The van der Waals surface area contributed by atoms with Crippen LogP contribution in [0, 0.1) is 0 Å². The van der Waals surface area contributed by atoms with E-state index in [4.69, 9.17) is 4.74 Å². The zero-order valence-electron chi connectivity index (χ0n) is 12.9. The minimum atomic E-state index is -0.524. The molecule has 0 aliphatic rings. The van der Waals surface area contributed by atoms with Gasteiger partial charge in [0.2, 0.25) is 0 Å². The molecule has 0 aliphatic heterocycles. The Bertz CT molecular complexity index is 671. The second-order valence-corrected chi connectivity index (χ2v) is 6.92. The number of aldehydes is 1. The van der Waals surface area contributed by atoms with Crippen LogP contribution in [0.25, 0.3) is 0 Å². The van der Waals surface area contributed by atoms with Crippen LogP contribution < -0.4 is 5.32 Å². The number of hydrogen-bond donors (Lipinski definition) is 1. The molecule has 0 saturated heterocycles. The Morgan fingerprint density at radius 3 is 2.68 bits per heavy atom. The highest BCUT2D eigenvalue weighted by atomic mass is 32.1. The van der Waals surface area contributed by atoms with Crippen molar-refractivity contribution in [1.82, 2.24) is 0 Å². The summed E-state index contributed by atoms with van der Waals surface area (Å²) in [6, 6.07) is 9.47. The Morgan fingerprint density at radius 2 is 2.05 bits per heavy atom. The lowest BCUT2D eigenvalue weighted by molar-refractivity contribution is 0.0636. The van der Waals surface area contributed by atoms with Crippen molar-refractivity contribution in [1.29, 1.82) is 0 Å². The molecule has 1 aromatic heterocycles. The minimum Gasteiger partial charge on any atom is -0.444 e. The Balaban J connectivity index is 2.03. The summed E-state index contributed by atoms with van der Waals surface area (Å²) < 4.78 is 5.23. The van der Waals surface area contributed by atoms with Gasteiger partial charge in [0.1, 0.15) is 5.60 Å². The van der Waals surface area contributed by atoms with Crippen LogP contribution in [-0.2, 0) is 11.2 Å². The van der Waals surface area contributed by atoms with E-state index < -0.39 is 11.7 Å². The van der Waals surface area contributed by atoms with Crippen molar-refractivity contribution in [3.63, 3.8) is 0 Å². The first kappa shape index (κ1) is 16.2. The van der Waals surface area contributed by atoms with Crippen LogP contribution in [0.4, 0.5) is 10.5 Å². The van der Waals surface area contributed by atoms with Gasteiger partial charge in [-0.1, -0.05) is 12.1 Å². The van der Waals surface area contributed by atoms with Crippen molar-refractivity contribution in [2.75, 3.05) is 5.32 Å². The quantitative estimate of drug-likeness (QED) is 0.845. The van der Waals surface area contributed by atoms with Crippen LogP contribution in [0.15, 0.2) is 35.7 Å². The maximum Gasteiger partial charge on any atom is 0.412 e. The van der Waals surface area contributed by atoms with Crippen LogP contribution in [0.5, 0.6) is 0 Å². The highest BCUT2D eigenvalue weighted by molar-refractivity contribution is 7.11. The van der Waals surface area contributed by atoms with Crippen LogP contribution in [0.2, 0.25) is 0 Å². The maximum absolute atomic E-state index is 11.8. The van der Waals surface area contributed by atoms with Gasteiger partial charge >= 0.3 is 6.09 Å². The van der Waals surface area contributed by atoms with Crippen LogP contribution in [-0.4, -0.2) is 18.0 Å². The molecule has 5 heteroatoms. The van der Waals surface area contributed by atoms with Crippen molar-refractivity contribution < 1.29 is 14.3 Å². The molecule has 1 aromatic carbocycles. The topological polar surface area (TPSA) is 55.4 Å². The molecule has 0 bridgehead atoms. The van der Waals surface area contributed by atoms with Crippen molar-refractivity contribution in [3.05, 3.63) is 51.7 Å². The summed E-state index contributed by atoms with van der Waals surface area (Å²) >= 11 is 1.43. The molecule has 1 amide bonds. The van der Waals surface area contributed by atoms with Crippen molar-refractivity contribution in [2.45, 2.75) is 32.8 Å². The number of hydrogen-bond acceptors (Lipinski definition) is 4. The second kappa shape index (κ2) is 6.75. The molecule has 116 valence electrons. The van der Waals surface area contributed by atoms with Gasteiger partial charge in [-0.2, -0.15) is 0 Å². The van der Waals surface area contributed by atoms with E-state index in [1.165, 1.54) is 11.3 Å². The SMILES string of the molecule is CC(C)(C)OC(=O)Nc1cccc(Cc2csc(C=O)c2)c1. The van der Waals surface area contributed by atoms with E-state index in [2.05, 4.69) is 5.32 Å². The van der Waals surface area contributed by atoms with Crippen molar-refractivity contribution in [2.24, 2.45) is 0 Å². The summed E-state index contributed by atoms with van der Waals surface area (Å²) in [4.78, 5) is 23.2. The normalized spacial score (nSPS) is 11.0. The number of rotatable bonds is 4. The summed E-state index contributed by atoms with van der Waals surface area (Å²) in [7, 11) is 0. The molecule has 2 aromatic rings. The van der Waals surface area contributed by atoms with E-state index in [0.717, 1.165) is 22.3 Å². The van der Waals surface area contributed by atoms with Gasteiger partial charge in [0.05, 0.1) is 4.88 Å². The van der Waals surface area contributed by atoms with Crippen LogP contribution in [0.1, 0.15) is 41.6 Å². The summed E-state index contributed by atoms with van der Waals surface area (Å²) in [6.45, 7) is 5.47. The average molecular weight is 317 g/mol. The standard InChI is InChI=1S/C17H19NO3S/c1-17(2,3)21-16(20)18-14-6-4-5-12(8-14)7-13-9-15(10-19)22-11-13/h4-6,8-11H,7H2,1-3H3,(H,18,20). The van der Waals surface area contributed by atoms with Gasteiger partial charge in [0.25, 0.3) is 0 Å². The zero-order chi connectivity index (χ0) is 16.2. The van der Waals surface area contributed by atoms with E-state index in [0.29, 0.717) is 12.1 Å². The number of benzene rings is 1. The van der Waals surface area contributed by atoms with Gasteiger partial charge < -0.3 is 4.74 Å². The Morgan fingerprint density at radius 1 is 1.27 bits per heavy atom. The predicted molar refractivity (Wildman–Crippen MR) is 88.8 cm³/mol. The first-order valence-electron chi connectivity index (χ1n) is 6.97. The highest BCUT2D eigenvalue weighted by Gasteiger charge is 2.16. The lowest BCUT2D eigenvalue weighted by Crippen LogP contribution is -2.27. The van der Waals surface area contributed by atoms with Crippen molar-refractivity contribution >= 4 is 29.4 Å². The molecule has 1 N–H and O–H groups in total. The summed E-state index contributed by atoms with van der Waals surface area (Å²) in [5.41, 5.74) is 2.31. The number of carbonyl (C=O) groups excluding carboxylic acids is 2. The average Bonchev–Trinajstić information content (AvgIpc) is 2.84. The van der Waals surface area contributed by atoms with Gasteiger partial charge in [0, 0.05) is 5.69 Å². The van der Waals surface area contributed by atoms with E-state index >= 15 is 0 Å². The highest BCUT2D eigenvalue weighted by Crippen LogP contribution is 2.19. The molecule has 0 unspecified atom stereocenters. The van der Waals surface area contributed by atoms with E-state index in [1.54, 1.807) is 0 Å². The molecular formula is C17H19NO3S. The number of anilines is 1. The van der Waals surface area contributed by atoms with Gasteiger partial charge in [-0.15, -0.1) is 11.3 Å². The number of amides is 1. The fourth-order valence-corrected chi connectivity index (χ4v) is 2.68. The lowest BCUT2D eigenvalue weighted by Gasteiger charge is -2.19. The third-order valence-corrected chi connectivity index (χ3v) is 3.68. The fourth-order valence-electron chi connectivity index (χ4n) is 1.97. The zero-order valence-corrected chi connectivity index (χ0v) is 13.7. The Kier molecular flexibility index (Phi) is 4.98. The molecule has 2 rings (SSSR count). The molecule has 1 heterocycles. The molecule has 0 saturated carbocycles. The molecule has 0 radical (unpaired) electrons. The van der Waals surface area contributed by atoms with E-state index in [9.17, 15) is 9.59 Å². The number of ether oxygens (including phenoxy) is 1. The van der Waals surface area contributed by atoms with Gasteiger partial charge in [-0.25, -0.2) is 4.79 Å². The number of thiophene rings is 1. The Hall–Kier alpha value is -2.14. The largest absolute Gasteiger partial charge is 0.444 e. The molecule has 22 heavy (non-hydrogen) atoms. The molecule has 0 spiro atoms. The molecule has 0 fully saturated rings. The van der Waals surface area contributed by atoms with Crippen LogP contribution >= 0.6 is 11.3 Å². The molecule has 0 atom stereocenters. The summed E-state index contributed by atoms with van der Waals surface area (Å²) in [5, 5.41) is 4.70. The van der Waals surface area contributed by atoms with E-state index in [-0.39, 0.29) is 0 Å². The van der Waals surface area contributed by atoms with Crippen LogP contribution in [0.3, 0.4) is 0 Å². The molecule has 0 aliphatic carbocycles. The third kappa shape index (κ3) is 5.00. The maximum atomic E-state index is 11.8. The first-order chi connectivity index (χ1) is 10.4. The molecule has 4 nitrogen and oxygen atoms in total. The minimum absolute atomic E-state index is 0.469. The second-order valence-electron chi connectivity index (χ2n) is 5.98. The van der Waals surface area contributed by atoms with Crippen molar-refractivity contribution in [3.8, 4) is 0 Å². The lowest BCUT2D eigenvalue weighted by atomic mass is 10.1. The summed E-state index contributed by atoms with van der Waals surface area (Å²) in [5.74, 6) is 0. The molecular weight excluding hydrogens is 298 g/mol. The number of carbonyl (C=O) groups is 2. The first-order valence-corrected chi connectivity index (χ1v) is 7.85. The smallest absolute Gasteiger partial charge is 0.412 e. The van der Waals surface area contributed by atoms with E-state index in [1.807, 2.05) is 56.5 Å². The third-order valence-electron chi connectivity index (χ3n) is 2.77. The number of nitrogens with one attached hydrogen (secondary N) is 1. The predicted octanol–water partition coefficient (Wildman–Crippen LogP) is 4.50. The van der Waals surface area contributed by atoms with Gasteiger partial charge in [0.15, 0.2) is 6.29 Å². The van der Waals surface area contributed by atoms with Gasteiger partial charge in [-0.05, 0) is 61.9 Å². The van der Waals surface area contributed by atoms with Gasteiger partial charge in [-0.3, -0.25) is 10.1 Å². The monoisotopic (exact) mass is 317 g/mol.